The number of H-pyrrole nitrogens is 1. The van der Waals surface area contributed by atoms with E-state index in [0.717, 1.165) is 5.82 Å². The normalized spacial score (nSPS) is 18.9. The van der Waals surface area contributed by atoms with Gasteiger partial charge in [-0.1, -0.05) is 0 Å². The van der Waals surface area contributed by atoms with Gasteiger partial charge in [-0.15, -0.1) is 10.2 Å². The number of carboxylic acid groups (broad SMARTS) is 1. The van der Waals surface area contributed by atoms with Crippen molar-refractivity contribution >= 4 is 5.97 Å². The Balaban J connectivity index is 2.00. The largest absolute Gasteiger partial charge is 0.481 e. The SMILES string of the molecule is O=C(O)C1CCc2nnc(-c3cn[nH]n3)n2C1. The molecule has 8 heteroatoms. The smallest absolute Gasteiger partial charge is 0.308 e. The molecule has 0 saturated heterocycles. The molecule has 3 heterocycles. The van der Waals surface area contributed by atoms with Gasteiger partial charge in [-0.2, -0.15) is 15.4 Å². The molecule has 1 atom stereocenters. The molecule has 2 aromatic heterocycles. The second-order valence-electron chi connectivity index (χ2n) is 3.98. The number of aryl methyl sites for hydroxylation is 1. The number of rotatable bonds is 2. The molecule has 88 valence electrons. The van der Waals surface area contributed by atoms with Gasteiger partial charge in [0, 0.05) is 13.0 Å². The standard InChI is InChI=1S/C9H10N6O2/c16-9(17)5-1-2-7-12-13-8(15(7)4-5)6-3-10-14-11-6/h3,5H,1-2,4H2,(H,16,17)(H,10,11,14). The molecule has 0 radical (unpaired) electrons. The highest BCUT2D eigenvalue weighted by atomic mass is 16.4. The quantitative estimate of drug-likeness (QED) is 0.738. The van der Waals surface area contributed by atoms with Crippen LogP contribution in [0.4, 0.5) is 0 Å². The first-order valence-corrected chi connectivity index (χ1v) is 5.26. The molecule has 2 aromatic rings. The fraction of sp³-hybridized carbons (Fsp3) is 0.444. The van der Waals surface area contributed by atoms with Gasteiger partial charge in [-0.25, -0.2) is 0 Å². The number of carbonyl (C=O) groups is 1. The minimum Gasteiger partial charge on any atom is -0.481 e. The topological polar surface area (TPSA) is 110 Å². The summed E-state index contributed by atoms with van der Waals surface area (Å²) in [6.07, 6.45) is 2.77. The summed E-state index contributed by atoms with van der Waals surface area (Å²) < 4.78 is 1.81. The maximum Gasteiger partial charge on any atom is 0.308 e. The van der Waals surface area contributed by atoms with Gasteiger partial charge in [0.2, 0.25) is 0 Å². The third-order valence-corrected chi connectivity index (χ3v) is 2.94. The Morgan fingerprint density at radius 1 is 1.53 bits per heavy atom. The highest BCUT2D eigenvalue weighted by molar-refractivity contribution is 5.70. The van der Waals surface area contributed by atoms with E-state index < -0.39 is 5.97 Å². The molecule has 1 unspecified atom stereocenters. The zero-order chi connectivity index (χ0) is 11.8. The van der Waals surface area contributed by atoms with Gasteiger partial charge in [-0.05, 0) is 6.42 Å². The first-order chi connectivity index (χ1) is 8.25. The Bertz CT molecular complexity index is 546. The number of aromatic amines is 1. The van der Waals surface area contributed by atoms with E-state index in [4.69, 9.17) is 5.11 Å². The van der Waals surface area contributed by atoms with Crippen LogP contribution in [0.3, 0.4) is 0 Å². The summed E-state index contributed by atoms with van der Waals surface area (Å²) >= 11 is 0. The molecular formula is C9H10N6O2. The van der Waals surface area contributed by atoms with E-state index >= 15 is 0 Å². The van der Waals surface area contributed by atoms with Gasteiger partial charge < -0.3 is 9.67 Å². The molecule has 3 rings (SSSR count). The van der Waals surface area contributed by atoms with Crippen LogP contribution in [0, 0.1) is 5.92 Å². The summed E-state index contributed by atoms with van der Waals surface area (Å²) in [4.78, 5) is 11.0. The van der Waals surface area contributed by atoms with E-state index in [9.17, 15) is 4.79 Å². The van der Waals surface area contributed by atoms with Crippen molar-refractivity contribution in [2.75, 3.05) is 0 Å². The molecular weight excluding hydrogens is 224 g/mol. The van der Waals surface area contributed by atoms with E-state index in [2.05, 4.69) is 25.6 Å². The van der Waals surface area contributed by atoms with Crippen molar-refractivity contribution in [1.29, 1.82) is 0 Å². The summed E-state index contributed by atoms with van der Waals surface area (Å²) in [7, 11) is 0. The molecule has 0 saturated carbocycles. The molecule has 2 N–H and O–H groups in total. The highest BCUT2D eigenvalue weighted by Gasteiger charge is 2.28. The van der Waals surface area contributed by atoms with Crippen LogP contribution >= 0.6 is 0 Å². The minimum absolute atomic E-state index is 0.385. The van der Waals surface area contributed by atoms with Gasteiger partial charge in [-0.3, -0.25) is 4.79 Å². The van der Waals surface area contributed by atoms with E-state index in [1.165, 1.54) is 0 Å². The Kier molecular flexibility index (Phi) is 2.13. The molecule has 0 fully saturated rings. The van der Waals surface area contributed by atoms with Crippen LogP contribution in [0.2, 0.25) is 0 Å². The van der Waals surface area contributed by atoms with Crippen LogP contribution in [0.1, 0.15) is 12.2 Å². The summed E-state index contributed by atoms with van der Waals surface area (Å²) in [6.45, 7) is 0.389. The van der Waals surface area contributed by atoms with Crippen LogP contribution in [-0.2, 0) is 17.8 Å². The van der Waals surface area contributed by atoms with Crippen LogP contribution < -0.4 is 0 Å². The van der Waals surface area contributed by atoms with Crippen molar-refractivity contribution in [3.05, 3.63) is 12.0 Å². The maximum atomic E-state index is 11.0. The van der Waals surface area contributed by atoms with E-state index in [0.29, 0.717) is 30.9 Å². The Morgan fingerprint density at radius 3 is 3.12 bits per heavy atom. The van der Waals surface area contributed by atoms with Crippen molar-refractivity contribution < 1.29 is 9.90 Å². The molecule has 0 aliphatic carbocycles. The van der Waals surface area contributed by atoms with E-state index in [1.54, 1.807) is 10.8 Å². The molecule has 17 heavy (non-hydrogen) atoms. The predicted octanol–water partition coefficient (Wildman–Crippen LogP) is -0.290. The van der Waals surface area contributed by atoms with Gasteiger partial charge >= 0.3 is 5.97 Å². The third-order valence-electron chi connectivity index (χ3n) is 2.94. The molecule has 1 aliphatic rings. The lowest BCUT2D eigenvalue weighted by Gasteiger charge is -2.20. The number of fused-ring (bicyclic) bond motifs is 1. The van der Waals surface area contributed by atoms with Crippen molar-refractivity contribution in [3.8, 4) is 11.5 Å². The van der Waals surface area contributed by atoms with Crippen molar-refractivity contribution in [3.63, 3.8) is 0 Å². The first-order valence-electron chi connectivity index (χ1n) is 5.26. The van der Waals surface area contributed by atoms with E-state index in [1.807, 2.05) is 0 Å². The Morgan fingerprint density at radius 2 is 2.41 bits per heavy atom. The zero-order valence-corrected chi connectivity index (χ0v) is 8.87. The highest BCUT2D eigenvalue weighted by Crippen LogP contribution is 2.24. The van der Waals surface area contributed by atoms with Gasteiger partial charge in [0.25, 0.3) is 0 Å². The number of aromatic nitrogens is 6. The van der Waals surface area contributed by atoms with Gasteiger partial charge in [0.15, 0.2) is 5.82 Å². The Labute approximate surface area is 95.7 Å². The summed E-state index contributed by atoms with van der Waals surface area (Å²) in [6, 6.07) is 0. The lowest BCUT2D eigenvalue weighted by atomic mass is 9.99. The summed E-state index contributed by atoms with van der Waals surface area (Å²) in [5, 5.41) is 27.2. The van der Waals surface area contributed by atoms with Crippen molar-refractivity contribution in [1.82, 2.24) is 30.2 Å². The van der Waals surface area contributed by atoms with Gasteiger partial charge in [0.05, 0.1) is 12.1 Å². The van der Waals surface area contributed by atoms with Crippen LogP contribution in [0.15, 0.2) is 6.20 Å². The van der Waals surface area contributed by atoms with Crippen LogP contribution in [0.25, 0.3) is 11.5 Å². The molecule has 8 nitrogen and oxygen atoms in total. The molecule has 0 amide bonds. The fourth-order valence-corrected chi connectivity index (χ4v) is 2.03. The average molecular weight is 234 g/mol. The first kappa shape index (κ1) is 9.94. The maximum absolute atomic E-state index is 11.0. The van der Waals surface area contributed by atoms with E-state index in [-0.39, 0.29) is 5.92 Å². The summed E-state index contributed by atoms with van der Waals surface area (Å²) in [5.74, 6) is 0.208. The predicted molar refractivity (Wildman–Crippen MR) is 54.8 cm³/mol. The average Bonchev–Trinajstić information content (AvgIpc) is 2.96. The lowest BCUT2D eigenvalue weighted by Crippen LogP contribution is -2.27. The lowest BCUT2D eigenvalue weighted by molar-refractivity contribution is -0.142. The van der Waals surface area contributed by atoms with Gasteiger partial charge in [0.1, 0.15) is 11.5 Å². The van der Waals surface area contributed by atoms with Crippen molar-refractivity contribution in [2.24, 2.45) is 5.92 Å². The van der Waals surface area contributed by atoms with Crippen molar-refractivity contribution in [2.45, 2.75) is 19.4 Å². The number of nitrogens with one attached hydrogen (secondary N) is 1. The minimum atomic E-state index is -0.782. The molecule has 0 aromatic carbocycles. The van der Waals surface area contributed by atoms with Crippen LogP contribution in [0.5, 0.6) is 0 Å². The molecule has 0 bridgehead atoms. The second-order valence-corrected chi connectivity index (χ2v) is 3.98. The third kappa shape index (κ3) is 1.57. The Hall–Kier alpha value is -2.25. The van der Waals surface area contributed by atoms with Crippen LogP contribution in [-0.4, -0.2) is 41.3 Å². The second kappa shape index (κ2) is 3.65. The number of nitrogens with zero attached hydrogens (tertiary/aromatic N) is 5. The monoisotopic (exact) mass is 234 g/mol. The number of hydrogen-bond acceptors (Lipinski definition) is 5. The molecule has 0 spiro atoms. The fourth-order valence-electron chi connectivity index (χ4n) is 2.03. The number of carboxylic acids is 1. The summed E-state index contributed by atoms with van der Waals surface area (Å²) in [5.41, 5.74) is 0.579. The number of hydrogen-bond donors (Lipinski definition) is 2. The molecule has 1 aliphatic heterocycles. The number of aliphatic carboxylic acids is 1. The zero-order valence-electron chi connectivity index (χ0n) is 8.87.